The molecule has 1 unspecified atom stereocenters. The molecule has 0 bridgehead atoms. The predicted molar refractivity (Wildman–Crippen MR) is 59.3 cm³/mol. The largest absolute Gasteiger partial charge is 0.475 e. The smallest absolute Gasteiger partial charge is 0.214 e. The van der Waals surface area contributed by atoms with Crippen molar-refractivity contribution in [2.24, 2.45) is 0 Å². The lowest BCUT2D eigenvalue weighted by atomic mass is 10.4. The van der Waals surface area contributed by atoms with E-state index in [0.717, 1.165) is 6.26 Å². The van der Waals surface area contributed by atoms with Crippen LogP contribution in [-0.4, -0.2) is 39.5 Å². The number of sulfone groups is 1. The quantitative estimate of drug-likeness (QED) is 0.771. The first-order valence-corrected chi connectivity index (χ1v) is 6.65. The Balaban J connectivity index is 2.76. The van der Waals surface area contributed by atoms with Crippen LogP contribution in [0.5, 0.6) is 5.88 Å². The van der Waals surface area contributed by atoms with Gasteiger partial charge in [-0.05, 0) is 13.0 Å². The van der Waals surface area contributed by atoms with Gasteiger partial charge in [0.2, 0.25) is 5.88 Å². The lowest BCUT2D eigenvalue weighted by Crippen LogP contribution is -2.16. The number of nitrogens with zero attached hydrogens (tertiary/aromatic N) is 1. The second-order valence-corrected chi connectivity index (χ2v) is 5.41. The van der Waals surface area contributed by atoms with E-state index in [-0.39, 0.29) is 17.0 Å². The normalized spacial score (nSPS) is 13.4. The summed E-state index contributed by atoms with van der Waals surface area (Å²) in [6, 6.07) is 4.63. The zero-order valence-corrected chi connectivity index (χ0v) is 10.3. The fraction of sp³-hybridized carbons (Fsp3) is 0.500. The third kappa shape index (κ3) is 3.79. The van der Waals surface area contributed by atoms with Crippen LogP contribution in [0.4, 0.5) is 0 Å². The van der Waals surface area contributed by atoms with Crippen molar-refractivity contribution in [1.82, 2.24) is 4.98 Å². The zero-order chi connectivity index (χ0) is 12.2. The van der Waals surface area contributed by atoms with Crippen molar-refractivity contribution >= 4 is 9.84 Å². The molecule has 0 saturated carbocycles. The molecule has 0 radical (unpaired) electrons. The van der Waals surface area contributed by atoms with Gasteiger partial charge in [0.15, 0.2) is 14.9 Å². The number of hydrogen-bond donors (Lipinski definition) is 0. The van der Waals surface area contributed by atoms with E-state index in [9.17, 15) is 8.42 Å². The maximum atomic E-state index is 11.2. The minimum atomic E-state index is -3.29. The summed E-state index contributed by atoms with van der Waals surface area (Å²) in [6.07, 6.45) is 1.04. The molecule has 1 aromatic rings. The second kappa shape index (κ2) is 5.27. The zero-order valence-electron chi connectivity index (χ0n) is 9.50. The molecular formula is C10H15NO4S. The van der Waals surface area contributed by atoms with E-state index >= 15 is 0 Å². The van der Waals surface area contributed by atoms with Gasteiger partial charge < -0.3 is 9.47 Å². The van der Waals surface area contributed by atoms with E-state index in [2.05, 4.69) is 4.98 Å². The van der Waals surface area contributed by atoms with Crippen LogP contribution in [0, 0.1) is 0 Å². The van der Waals surface area contributed by atoms with Crippen molar-refractivity contribution in [3.63, 3.8) is 0 Å². The van der Waals surface area contributed by atoms with Crippen molar-refractivity contribution in [1.29, 1.82) is 0 Å². The fourth-order valence-corrected chi connectivity index (χ4v) is 1.54. The highest BCUT2D eigenvalue weighted by molar-refractivity contribution is 7.90. The topological polar surface area (TPSA) is 65.5 Å². The number of rotatable bonds is 5. The Labute approximate surface area is 95.3 Å². The Morgan fingerprint density at radius 3 is 2.69 bits per heavy atom. The second-order valence-electron chi connectivity index (χ2n) is 3.44. The fourth-order valence-electron chi connectivity index (χ4n) is 0.954. The molecule has 0 spiro atoms. The molecule has 0 aliphatic carbocycles. The number of pyridine rings is 1. The summed E-state index contributed by atoms with van der Waals surface area (Å²) in [7, 11) is -1.71. The summed E-state index contributed by atoms with van der Waals surface area (Å²) >= 11 is 0. The molecule has 0 saturated heterocycles. The van der Waals surface area contributed by atoms with Gasteiger partial charge in [-0.25, -0.2) is 13.4 Å². The maximum absolute atomic E-state index is 11.2. The van der Waals surface area contributed by atoms with Gasteiger partial charge in [0.1, 0.15) is 6.61 Å². The Kier molecular flexibility index (Phi) is 4.26. The highest BCUT2D eigenvalue weighted by Crippen LogP contribution is 2.12. The summed E-state index contributed by atoms with van der Waals surface area (Å²) in [5.41, 5.74) is 0. The molecule has 0 N–H and O–H groups in total. The lowest BCUT2D eigenvalue weighted by molar-refractivity contribution is 0.0697. The van der Waals surface area contributed by atoms with Crippen molar-refractivity contribution < 1.29 is 17.9 Å². The van der Waals surface area contributed by atoms with E-state index in [0.29, 0.717) is 6.61 Å². The Bertz CT molecular complexity index is 444. The molecule has 1 atom stereocenters. The molecule has 0 amide bonds. The predicted octanol–water partition coefficient (Wildman–Crippen LogP) is 0.899. The molecule has 5 nitrogen and oxygen atoms in total. The van der Waals surface area contributed by atoms with Crippen LogP contribution in [0.1, 0.15) is 6.92 Å². The maximum Gasteiger partial charge on any atom is 0.214 e. The van der Waals surface area contributed by atoms with Crippen molar-refractivity contribution in [2.45, 2.75) is 18.1 Å². The van der Waals surface area contributed by atoms with E-state index in [1.807, 2.05) is 6.92 Å². The first kappa shape index (κ1) is 12.9. The lowest BCUT2D eigenvalue weighted by Gasteiger charge is -2.10. The molecular weight excluding hydrogens is 230 g/mol. The van der Waals surface area contributed by atoms with Crippen molar-refractivity contribution in [3.05, 3.63) is 18.2 Å². The van der Waals surface area contributed by atoms with Gasteiger partial charge in [-0.2, -0.15) is 0 Å². The molecule has 1 heterocycles. The van der Waals surface area contributed by atoms with Gasteiger partial charge in [0, 0.05) is 19.4 Å². The van der Waals surface area contributed by atoms with Gasteiger partial charge in [-0.3, -0.25) is 0 Å². The van der Waals surface area contributed by atoms with E-state index in [1.54, 1.807) is 19.2 Å². The monoisotopic (exact) mass is 245 g/mol. The molecule has 6 heteroatoms. The van der Waals surface area contributed by atoms with Gasteiger partial charge in [-0.1, -0.05) is 6.07 Å². The first-order chi connectivity index (χ1) is 7.43. The molecule has 1 rings (SSSR count). The van der Waals surface area contributed by atoms with Crippen LogP contribution in [0.25, 0.3) is 0 Å². The Hall–Kier alpha value is -1.14. The molecule has 1 aromatic heterocycles. The molecule has 0 aliphatic rings. The third-order valence-electron chi connectivity index (χ3n) is 1.95. The summed E-state index contributed by atoms with van der Waals surface area (Å²) < 4.78 is 32.8. The molecule has 0 fully saturated rings. The van der Waals surface area contributed by atoms with Crippen molar-refractivity contribution in [3.8, 4) is 5.88 Å². The standard InChI is InChI=1S/C10H15NO4S/c1-8(14-2)7-15-9-5-4-6-10(11-9)16(3,12)13/h4-6,8H,7H2,1-3H3. The van der Waals surface area contributed by atoms with Crippen LogP contribution < -0.4 is 4.74 Å². The average molecular weight is 245 g/mol. The van der Waals surface area contributed by atoms with E-state index in [1.165, 1.54) is 6.07 Å². The Morgan fingerprint density at radius 2 is 2.12 bits per heavy atom. The van der Waals surface area contributed by atoms with Gasteiger partial charge >= 0.3 is 0 Å². The minimum Gasteiger partial charge on any atom is -0.475 e. The third-order valence-corrected chi connectivity index (χ3v) is 2.93. The van der Waals surface area contributed by atoms with E-state index < -0.39 is 9.84 Å². The summed E-state index contributed by atoms with van der Waals surface area (Å²) in [6.45, 7) is 2.18. The van der Waals surface area contributed by atoms with Crippen LogP contribution in [-0.2, 0) is 14.6 Å². The summed E-state index contributed by atoms with van der Waals surface area (Å²) in [5, 5.41) is 0.00932. The molecule has 90 valence electrons. The highest BCUT2D eigenvalue weighted by Gasteiger charge is 2.10. The summed E-state index contributed by atoms with van der Waals surface area (Å²) in [5.74, 6) is 0.284. The van der Waals surface area contributed by atoms with Crippen LogP contribution in [0.15, 0.2) is 23.2 Å². The van der Waals surface area contributed by atoms with Crippen LogP contribution in [0.3, 0.4) is 0 Å². The van der Waals surface area contributed by atoms with E-state index in [4.69, 9.17) is 9.47 Å². The number of methoxy groups -OCH3 is 1. The van der Waals surface area contributed by atoms with Gasteiger partial charge in [0.25, 0.3) is 0 Å². The number of hydrogen-bond acceptors (Lipinski definition) is 5. The average Bonchev–Trinajstić information content (AvgIpc) is 2.25. The highest BCUT2D eigenvalue weighted by atomic mass is 32.2. The Morgan fingerprint density at radius 1 is 1.44 bits per heavy atom. The number of ether oxygens (including phenoxy) is 2. The molecule has 16 heavy (non-hydrogen) atoms. The van der Waals surface area contributed by atoms with Crippen molar-refractivity contribution in [2.75, 3.05) is 20.0 Å². The molecule has 0 aliphatic heterocycles. The first-order valence-electron chi connectivity index (χ1n) is 4.76. The SMILES string of the molecule is COC(C)COc1cccc(S(C)(=O)=O)n1. The van der Waals surface area contributed by atoms with Crippen LogP contribution in [0.2, 0.25) is 0 Å². The summed E-state index contributed by atoms with van der Waals surface area (Å²) in [4.78, 5) is 3.88. The van der Waals surface area contributed by atoms with Gasteiger partial charge in [0.05, 0.1) is 6.10 Å². The van der Waals surface area contributed by atoms with Crippen LogP contribution >= 0.6 is 0 Å². The number of aromatic nitrogens is 1. The van der Waals surface area contributed by atoms with Gasteiger partial charge in [-0.15, -0.1) is 0 Å². The minimum absolute atomic E-state index is 0.00932. The molecule has 0 aromatic carbocycles.